The molecule has 0 amide bonds. The van der Waals surface area contributed by atoms with Crippen molar-refractivity contribution in [1.29, 1.82) is 0 Å². The summed E-state index contributed by atoms with van der Waals surface area (Å²) in [7, 11) is 0. The molecule has 0 aromatic heterocycles. The monoisotopic (exact) mass is 178 g/mol. The Bertz CT molecular complexity index is 92.1. The lowest BCUT2D eigenvalue weighted by Gasteiger charge is -2.32. The van der Waals surface area contributed by atoms with Crippen LogP contribution in [0, 0.1) is 0 Å². The van der Waals surface area contributed by atoms with E-state index in [4.69, 9.17) is 0 Å². The van der Waals surface area contributed by atoms with Gasteiger partial charge in [0.2, 0.25) is 0 Å². The zero-order valence-corrected chi connectivity index (χ0v) is 8.28. The second kappa shape index (κ2) is 5.81. The van der Waals surface area contributed by atoms with Crippen molar-refractivity contribution in [1.82, 2.24) is 10.2 Å². The third-order valence-electron chi connectivity index (χ3n) is 2.37. The van der Waals surface area contributed by atoms with Gasteiger partial charge in [0.05, 0.1) is 0 Å². The molecule has 1 aliphatic heterocycles. The number of rotatable bonds is 2. The molecule has 3 heteroatoms. The summed E-state index contributed by atoms with van der Waals surface area (Å²) in [6, 6.07) is 0.780. The Balaban J connectivity index is 0.000001000. The number of hydrogen-bond donors (Lipinski definition) is 1. The van der Waals surface area contributed by atoms with Gasteiger partial charge in [0.25, 0.3) is 0 Å². The summed E-state index contributed by atoms with van der Waals surface area (Å²) in [5.74, 6) is 0. The van der Waals surface area contributed by atoms with Crippen LogP contribution in [0.2, 0.25) is 0 Å². The summed E-state index contributed by atoms with van der Waals surface area (Å²) in [6.45, 7) is 9.37. The lowest BCUT2D eigenvalue weighted by Crippen LogP contribution is -2.47. The maximum Gasteiger partial charge on any atom is 0.0110 e. The van der Waals surface area contributed by atoms with Crippen LogP contribution in [-0.2, 0) is 0 Å². The number of hydrogen-bond acceptors (Lipinski definition) is 2. The maximum absolute atomic E-state index is 3.35. The molecule has 0 aromatic rings. The fourth-order valence-corrected chi connectivity index (χ4v) is 1.38. The van der Waals surface area contributed by atoms with E-state index in [1.165, 1.54) is 32.6 Å². The molecule has 0 aliphatic carbocycles. The van der Waals surface area contributed by atoms with Crippen molar-refractivity contribution >= 4 is 12.4 Å². The predicted octanol–water partition coefficient (Wildman–Crippen LogP) is 1.11. The van der Waals surface area contributed by atoms with Crippen LogP contribution in [0.1, 0.15) is 20.3 Å². The number of piperazine rings is 1. The molecule has 1 rings (SSSR count). The molecule has 1 atom stereocenters. The molecule has 0 saturated carbocycles. The van der Waals surface area contributed by atoms with Gasteiger partial charge >= 0.3 is 0 Å². The molecular weight excluding hydrogens is 160 g/mol. The Morgan fingerprint density at radius 2 is 1.91 bits per heavy atom. The fourth-order valence-electron chi connectivity index (χ4n) is 1.38. The Morgan fingerprint density at radius 3 is 2.36 bits per heavy atom. The van der Waals surface area contributed by atoms with Crippen LogP contribution in [0.3, 0.4) is 0 Å². The SMILES string of the molecule is CCC(C)N1CCNCC1.Cl. The molecule has 1 heterocycles. The van der Waals surface area contributed by atoms with Gasteiger partial charge in [-0.1, -0.05) is 6.92 Å². The van der Waals surface area contributed by atoms with Crippen LogP contribution >= 0.6 is 12.4 Å². The van der Waals surface area contributed by atoms with Crippen LogP contribution < -0.4 is 5.32 Å². The molecule has 11 heavy (non-hydrogen) atoms. The van der Waals surface area contributed by atoms with Gasteiger partial charge in [-0.25, -0.2) is 0 Å². The average molecular weight is 179 g/mol. The first-order valence-corrected chi connectivity index (χ1v) is 4.29. The third-order valence-corrected chi connectivity index (χ3v) is 2.37. The van der Waals surface area contributed by atoms with Gasteiger partial charge < -0.3 is 5.32 Å². The molecule has 0 spiro atoms. The minimum Gasteiger partial charge on any atom is -0.314 e. The van der Waals surface area contributed by atoms with E-state index in [1.807, 2.05) is 0 Å². The van der Waals surface area contributed by atoms with Gasteiger partial charge in [0.1, 0.15) is 0 Å². The highest BCUT2D eigenvalue weighted by Gasteiger charge is 2.13. The van der Waals surface area contributed by atoms with Crippen molar-refractivity contribution in [3.8, 4) is 0 Å². The lowest BCUT2D eigenvalue weighted by molar-refractivity contribution is 0.180. The topological polar surface area (TPSA) is 15.3 Å². The number of halogens is 1. The summed E-state index contributed by atoms with van der Waals surface area (Å²) >= 11 is 0. The van der Waals surface area contributed by atoms with E-state index in [9.17, 15) is 0 Å². The Kier molecular flexibility index (Phi) is 5.92. The minimum absolute atomic E-state index is 0. The van der Waals surface area contributed by atoms with Gasteiger partial charge in [0, 0.05) is 32.2 Å². The molecule has 68 valence electrons. The highest BCUT2D eigenvalue weighted by Crippen LogP contribution is 2.03. The largest absolute Gasteiger partial charge is 0.314 e. The van der Waals surface area contributed by atoms with Gasteiger partial charge in [-0.2, -0.15) is 0 Å². The zero-order valence-electron chi connectivity index (χ0n) is 7.47. The average Bonchev–Trinajstić information content (AvgIpc) is 2.05. The van der Waals surface area contributed by atoms with Crippen molar-refractivity contribution in [2.45, 2.75) is 26.3 Å². The quantitative estimate of drug-likeness (QED) is 0.682. The lowest BCUT2D eigenvalue weighted by atomic mass is 10.2. The summed E-state index contributed by atoms with van der Waals surface area (Å²) in [6.07, 6.45) is 1.28. The van der Waals surface area contributed by atoms with Gasteiger partial charge in [-0.3, -0.25) is 4.90 Å². The summed E-state index contributed by atoms with van der Waals surface area (Å²) in [5.41, 5.74) is 0. The first-order valence-electron chi connectivity index (χ1n) is 4.29. The maximum atomic E-state index is 3.35. The number of nitrogens with one attached hydrogen (secondary N) is 1. The third kappa shape index (κ3) is 3.41. The van der Waals surface area contributed by atoms with Crippen molar-refractivity contribution in [2.75, 3.05) is 26.2 Å². The van der Waals surface area contributed by atoms with Crippen molar-refractivity contribution in [3.63, 3.8) is 0 Å². The van der Waals surface area contributed by atoms with Crippen LogP contribution in [0.25, 0.3) is 0 Å². The van der Waals surface area contributed by atoms with E-state index >= 15 is 0 Å². The molecular formula is C8H19ClN2. The first-order chi connectivity index (χ1) is 4.84. The molecule has 0 radical (unpaired) electrons. The van der Waals surface area contributed by atoms with E-state index in [-0.39, 0.29) is 12.4 Å². The van der Waals surface area contributed by atoms with E-state index in [0.717, 1.165) is 6.04 Å². The van der Waals surface area contributed by atoms with Gasteiger partial charge in [-0.15, -0.1) is 12.4 Å². The second-order valence-electron chi connectivity index (χ2n) is 3.04. The van der Waals surface area contributed by atoms with E-state index in [0.29, 0.717) is 0 Å². The molecule has 0 bridgehead atoms. The van der Waals surface area contributed by atoms with Gasteiger partial charge in [-0.05, 0) is 13.3 Å². The Hall–Kier alpha value is 0.210. The number of nitrogens with zero attached hydrogens (tertiary/aromatic N) is 1. The second-order valence-corrected chi connectivity index (χ2v) is 3.04. The highest BCUT2D eigenvalue weighted by molar-refractivity contribution is 5.85. The molecule has 1 saturated heterocycles. The van der Waals surface area contributed by atoms with E-state index in [1.54, 1.807) is 0 Å². The predicted molar refractivity (Wildman–Crippen MR) is 51.4 cm³/mol. The summed E-state index contributed by atoms with van der Waals surface area (Å²) < 4.78 is 0. The zero-order chi connectivity index (χ0) is 7.40. The fraction of sp³-hybridized carbons (Fsp3) is 1.00. The Labute approximate surface area is 75.8 Å². The van der Waals surface area contributed by atoms with E-state index < -0.39 is 0 Å². The molecule has 1 fully saturated rings. The Morgan fingerprint density at radius 1 is 1.36 bits per heavy atom. The van der Waals surface area contributed by atoms with Crippen LogP contribution in [0.5, 0.6) is 0 Å². The standard InChI is InChI=1S/C8H18N2.ClH/c1-3-8(2)10-6-4-9-5-7-10;/h8-9H,3-7H2,1-2H3;1H. The van der Waals surface area contributed by atoms with Crippen molar-refractivity contribution in [3.05, 3.63) is 0 Å². The highest BCUT2D eigenvalue weighted by atomic mass is 35.5. The first kappa shape index (κ1) is 11.2. The normalized spacial score (nSPS) is 22.4. The molecule has 1 unspecified atom stereocenters. The summed E-state index contributed by atoms with van der Waals surface area (Å²) in [5, 5.41) is 3.35. The van der Waals surface area contributed by atoms with Crippen LogP contribution in [-0.4, -0.2) is 37.1 Å². The minimum atomic E-state index is 0. The molecule has 2 nitrogen and oxygen atoms in total. The van der Waals surface area contributed by atoms with Crippen molar-refractivity contribution < 1.29 is 0 Å². The van der Waals surface area contributed by atoms with Crippen LogP contribution in [0.4, 0.5) is 0 Å². The summed E-state index contributed by atoms with van der Waals surface area (Å²) in [4.78, 5) is 2.55. The van der Waals surface area contributed by atoms with Crippen molar-refractivity contribution in [2.24, 2.45) is 0 Å². The van der Waals surface area contributed by atoms with Gasteiger partial charge in [0.15, 0.2) is 0 Å². The molecule has 1 aliphatic rings. The molecule has 0 aromatic carbocycles. The smallest absolute Gasteiger partial charge is 0.0110 e. The molecule has 1 N–H and O–H groups in total. The van der Waals surface area contributed by atoms with Crippen LogP contribution in [0.15, 0.2) is 0 Å². The van der Waals surface area contributed by atoms with E-state index in [2.05, 4.69) is 24.1 Å².